The van der Waals surface area contributed by atoms with Gasteiger partial charge in [-0.3, -0.25) is 9.59 Å². The van der Waals surface area contributed by atoms with Crippen molar-refractivity contribution in [3.8, 4) is 5.75 Å². The number of para-hydroxylation sites is 2. The lowest BCUT2D eigenvalue weighted by Gasteiger charge is -2.35. The number of amides is 2. The van der Waals surface area contributed by atoms with Gasteiger partial charge in [0.15, 0.2) is 5.16 Å². The van der Waals surface area contributed by atoms with Gasteiger partial charge >= 0.3 is 0 Å². The molecule has 1 saturated heterocycles. The van der Waals surface area contributed by atoms with Crippen LogP contribution >= 0.6 is 11.8 Å². The van der Waals surface area contributed by atoms with Crippen molar-refractivity contribution in [2.45, 2.75) is 10.9 Å². The maximum absolute atomic E-state index is 13.4. The second-order valence-electron chi connectivity index (χ2n) is 8.32. The zero-order chi connectivity index (χ0) is 24.2. The van der Waals surface area contributed by atoms with Gasteiger partial charge in [-0.15, -0.1) is 0 Å². The van der Waals surface area contributed by atoms with Crippen LogP contribution in [0.5, 0.6) is 5.75 Å². The molecule has 0 bridgehead atoms. The van der Waals surface area contributed by atoms with Crippen LogP contribution in [0.2, 0.25) is 0 Å². The first-order chi connectivity index (χ1) is 17.1. The Bertz CT molecular complexity index is 1330. The van der Waals surface area contributed by atoms with E-state index in [0.717, 1.165) is 21.8 Å². The van der Waals surface area contributed by atoms with E-state index in [1.54, 1.807) is 35.9 Å². The SMILES string of the molecule is COc1cccc(C(=O)N2CCN(C(=O)c3ccccc3CSc3nc4ccccc4[nH]3)CC2)c1. The number of ether oxygens (including phenoxy) is 1. The number of carbonyl (C=O) groups excluding carboxylic acids is 2. The number of aromatic nitrogens is 2. The molecular formula is C27H26N4O3S. The van der Waals surface area contributed by atoms with E-state index < -0.39 is 0 Å². The summed E-state index contributed by atoms with van der Waals surface area (Å²) in [4.78, 5) is 37.9. The number of nitrogens with one attached hydrogen (secondary N) is 1. The standard InChI is InChI=1S/C27H26N4O3S/c1-34-21-9-6-8-19(17-21)25(32)30-13-15-31(16-14-30)26(33)22-10-3-2-7-20(22)18-35-27-28-23-11-4-5-12-24(23)29-27/h2-12,17H,13-16,18H2,1H3,(H,28,29). The maximum Gasteiger partial charge on any atom is 0.254 e. The van der Waals surface area contributed by atoms with Crippen molar-refractivity contribution in [1.82, 2.24) is 19.8 Å². The molecule has 1 N–H and O–H groups in total. The first kappa shape index (κ1) is 23.0. The quantitative estimate of drug-likeness (QED) is 0.407. The average molecular weight is 487 g/mol. The Morgan fingerprint density at radius 3 is 2.40 bits per heavy atom. The molecule has 2 amide bonds. The molecule has 0 radical (unpaired) electrons. The van der Waals surface area contributed by atoms with Crippen LogP contribution in [0.1, 0.15) is 26.3 Å². The fourth-order valence-electron chi connectivity index (χ4n) is 4.22. The summed E-state index contributed by atoms with van der Waals surface area (Å²) in [5, 5.41) is 0.832. The number of H-pyrrole nitrogens is 1. The third-order valence-electron chi connectivity index (χ3n) is 6.15. The number of fused-ring (bicyclic) bond motifs is 1. The van der Waals surface area contributed by atoms with Crippen LogP contribution in [0.25, 0.3) is 11.0 Å². The van der Waals surface area contributed by atoms with Crippen LogP contribution in [-0.4, -0.2) is 64.9 Å². The summed E-state index contributed by atoms with van der Waals surface area (Å²) in [6.45, 7) is 1.99. The molecule has 0 atom stereocenters. The largest absolute Gasteiger partial charge is 0.497 e. The number of aromatic amines is 1. The van der Waals surface area contributed by atoms with Crippen LogP contribution < -0.4 is 4.74 Å². The summed E-state index contributed by atoms with van der Waals surface area (Å²) in [6, 6.07) is 22.8. The number of piperazine rings is 1. The third-order valence-corrected chi connectivity index (χ3v) is 7.07. The van der Waals surface area contributed by atoms with Crippen LogP contribution in [0, 0.1) is 0 Å². The van der Waals surface area contributed by atoms with Crippen molar-refractivity contribution < 1.29 is 14.3 Å². The van der Waals surface area contributed by atoms with Crippen LogP contribution in [0.4, 0.5) is 0 Å². The molecule has 178 valence electrons. The summed E-state index contributed by atoms with van der Waals surface area (Å²) in [6.07, 6.45) is 0. The average Bonchev–Trinajstić information content (AvgIpc) is 3.34. The van der Waals surface area contributed by atoms with Crippen molar-refractivity contribution in [1.29, 1.82) is 0 Å². The minimum absolute atomic E-state index is 0.000662. The Hall–Kier alpha value is -3.78. The number of imidazole rings is 1. The molecule has 1 aromatic heterocycles. The first-order valence-corrected chi connectivity index (χ1v) is 12.5. The molecule has 8 heteroatoms. The number of hydrogen-bond donors (Lipinski definition) is 1. The number of hydrogen-bond acceptors (Lipinski definition) is 5. The highest BCUT2D eigenvalue weighted by atomic mass is 32.2. The predicted molar refractivity (Wildman–Crippen MR) is 137 cm³/mol. The number of nitrogens with zero attached hydrogens (tertiary/aromatic N) is 3. The van der Waals surface area contributed by atoms with Crippen LogP contribution in [-0.2, 0) is 5.75 Å². The molecule has 0 spiro atoms. The highest BCUT2D eigenvalue weighted by Gasteiger charge is 2.26. The first-order valence-electron chi connectivity index (χ1n) is 11.5. The molecule has 2 heterocycles. The fourth-order valence-corrected chi connectivity index (χ4v) is 5.11. The molecule has 5 rings (SSSR count). The van der Waals surface area contributed by atoms with Gasteiger partial charge in [0.2, 0.25) is 0 Å². The van der Waals surface area contributed by atoms with E-state index >= 15 is 0 Å². The number of carbonyl (C=O) groups is 2. The van der Waals surface area contributed by atoms with Gasteiger partial charge in [0, 0.05) is 43.1 Å². The topological polar surface area (TPSA) is 78.5 Å². The number of thioether (sulfide) groups is 1. The zero-order valence-corrected chi connectivity index (χ0v) is 20.3. The summed E-state index contributed by atoms with van der Waals surface area (Å²) in [5.74, 6) is 1.25. The molecule has 0 unspecified atom stereocenters. The molecule has 7 nitrogen and oxygen atoms in total. The minimum atomic E-state index is -0.0429. The van der Waals surface area contributed by atoms with Gasteiger partial charge in [0.25, 0.3) is 11.8 Å². The van der Waals surface area contributed by atoms with E-state index in [1.165, 1.54) is 0 Å². The Kier molecular flexibility index (Phi) is 6.72. The van der Waals surface area contributed by atoms with Gasteiger partial charge in [0.05, 0.1) is 18.1 Å². The Balaban J connectivity index is 1.23. The van der Waals surface area contributed by atoms with Crippen molar-refractivity contribution >= 4 is 34.6 Å². The van der Waals surface area contributed by atoms with Gasteiger partial charge in [-0.1, -0.05) is 48.2 Å². The van der Waals surface area contributed by atoms with E-state index in [2.05, 4.69) is 9.97 Å². The monoisotopic (exact) mass is 486 g/mol. The second kappa shape index (κ2) is 10.2. The molecule has 1 fully saturated rings. The molecule has 35 heavy (non-hydrogen) atoms. The van der Waals surface area contributed by atoms with Crippen LogP contribution in [0.3, 0.4) is 0 Å². The van der Waals surface area contributed by atoms with Gasteiger partial charge in [-0.2, -0.15) is 0 Å². The van der Waals surface area contributed by atoms with Crippen LogP contribution in [0.15, 0.2) is 78.0 Å². The Morgan fingerprint density at radius 1 is 0.914 bits per heavy atom. The second-order valence-corrected chi connectivity index (χ2v) is 9.29. The molecule has 0 saturated carbocycles. The normalized spacial score (nSPS) is 13.7. The Morgan fingerprint density at radius 2 is 1.63 bits per heavy atom. The smallest absolute Gasteiger partial charge is 0.254 e. The molecular weight excluding hydrogens is 460 g/mol. The molecule has 3 aromatic carbocycles. The fraction of sp³-hybridized carbons (Fsp3) is 0.222. The number of benzene rings is 3. The molecule has 0 aliphatic carbocycles. The van der Waals surface area contributed by atoms with E-state index in [4.69, 9.17) is 4.74 Å². The van der Waals surface area contributed by atoms with E-state index in [9.17, 15) is 9.59 Å². The zero-order valence-electron chi connectivity index (χ0n) is 19.4. The summed E-state index contributed by atoms with van der Waals surface area (Å²) >= 11 is 1.58. The van der Waals surface area contributed by atoms with Gasteiger partial charge in [-0.05, 0) is 42.0 Å². The predicted octanol–water partition coefficient (Wildman–Crippen LogP) is 4.46. The Labute approximate surface area is 208 Å². The lowest BCUT2D eigenvalue weighted by molar-refractivity contribution is 0.0535. The van der Waals surface area contributed by atoms with Gasteiger partial charge in [-0.25, -0.2) is 4.98 Å². The van der Waals surface area contributed by atoms with E-state index in [-0.39, 0.29) is 11.8 Å². The van der Waals surface area contributed by atoms with Crippen molar-refractivity contribution in [2.24, 2.45) is 0 Å². The summed E-state index contributed by atoms with van der Waals surface area (Å²) < 4.78 is 5.23. The molecule has 4 aromatic rings. The maximum atomic E-state index is 13.4. The van der Waals surface area contributed by atoms with Crippen molar-refractivity contribution in [3.63, 3.8) is 0 Å². The lowest BCUT2D eigenvalue weighted by atomic mass is 10.1. The van der Waals surface area contributed by atoms with Crippen molar-refractivity contribution in [3.05, 3.63) is 89.5 Å². The van der Waals surface area contributed by atoms with Gasteiger partial charge in [0.1, 0.15) is 5.75 Å². The minimum Gasteiger partial charge on any atom is -0.497 e. The molecule has 1 aliphatic rings. The summed E-state index contributed by atoms with van der Waals surface area (Å²) in [5.41, 5.74) is 4.19. The third kappa shape index (κ3) is 5.02. The van der Waals surface area contributed by atoms with E-state index in [1.807, 2.05) is 65.6 Å². The number of rotatable bonds is 6. The highest BCUT2D eigenvalue weighted by Crippen LogP contribution is 2.25. The lowest BCUT2D eigenvalue weighted by Crippen LogP contribution is -2.50. The van der Waals surface area contributed by atoms with Gasteiger partial charge < -0.3 is 19.5 Å². The van der Waals surface area contributed by atoms with E-state index in [0.29, 0.717) is 48.8 Å². The number of methoxy groups -OCH3 is 1. The summed E-state index contributed by atoms with van der Waals surface area (Å²) in [7, 11) is 1.58. The van der Waals surface area contributed by atoms with Crippen molar-refractivity contribution in [2.75, 3.05) is 33.3 Å². The molecule has 1 aliphatic heterocycles. The highest BCUT2D eigenvalue weighted by molar-refractivity contribution is 7.98.